The lowest BCUT2D eigenvalue weighted by Gasteiger charge is -2.23. The Balaban J connectivity index is 1.24. The van der Waals surface area contributed by atoms with Crippen molar-refractivity contribution in [3.63, 3.8) is 0 Å². The average molecular weight is 439 g/mol. The molecule has 0 saturated carbocycles. The number of rotatable bonds is 12. The zero-order chi connectivity index (χ0) is 18.2. The molecule has 4 heterocycles. The van der Waals surface area contributed by atoms with Crippen LogP contribution in [0.2, 0.25) is 0 Å². The van der Waals surface area contributed by atoms with Crippen LogP contribution in [0, 0.1) is 0 Å². The molecule has 0 N–H and O–H groups in total. The summed E-state index contributed by atoms with van der Waals surface area (Å²) in [4.78, 5) is 4.93. The summed E-state index contributed by atoms with van der Waals surface area (Å²) in [5, 5.41) is 0. The van der Waals surface area contributed by atoms with Gasteiger partial charge >= 0.3 is 0 Å². The van der Waals surface area contributed by atoms with E-state index in [-0.39, 0.29) is 0 Å². The zero-order valence-corrected chi connectivity index (χ0v) is 17.1. The standard InChI is InChI=1S/C20H27BrN2O4/c21-16-2-14(4-22(6-17-10-24-17)7-18-11-25-18)1-15(3-16)5-23(8-19-12-26-19)9-20-13-27-20/h1-3,17-20H,4-13H2. The van der Waals surface area contributed by atoms with Gasteiger partial charge in [-0.15, -0.1) is 0 Å². The maximum atomic E-state index is 5.44. The summed E-state index contributed by atoms with van der Waals surface area (Å²) in [6.45, 7) is 9.42. The van der Waals surface area contributed by atoms with Crippen LogP contribution in [0.3, 0.4) is 0 Å². The quantitative estimate of drug-likeness (QED) is 0.462. The Morgan fingerprint density at radius 3 is 1.30 bits per heavy atom. The molecule has 4 atom stereocenters. The highest BCUT2D eigenvalue weighted by atomic mass is 79.9. The molecule has 27 heavy (non-hydrogen) atoms. The molecule has 4 aliphatic rings. The number of hydrogen-bond donors (Lipinski definition) is 0. The fraction of sp³-hybridized carbons (Fsp3) is 0.700. The van der Waals surface area contributed by atoms with Crippen molar-refractivity contribution < 1.29 is 18.9 Å². The fourth-order valence-corrected chi connectivity index (χ4v) is 4.26. The average Bonchev–Trinajstić information content (AvgIpc) is 3.41. The van der Waals surface area contributed by atoms with Gasteiger partial charge < -0.3 is 18.9 Å². The first-order chi connectivity index (χ1) is 13.2. The lowest BCUT2D eigenvalue weighted by Crippen LogP contribution is -2.32. The van der Waals surface area contributed by atoms with Crippen LogP contribution in [0.4, 0.5) is 0 Å². The third kappa shape index (κ3) is 6.22. The van der Waals surface area contributed by atoms with Crippen molar-refractivity contribution in [3.8, 4) is 0 Å². The number of benzene rings is 1. The molecule has 6 nitrogen and oxygen atoms in total. The van der Waals surface area contributed by atoms with Crippen LogP contribution in [0.1, 0.15) is 11.1 Å². The lowest BCUT2D eigenvalue weighted by molar-refractivity contribution is 0.210. The predicted molar refractivity (Wildman–Crippen MR) is 104 cm³/mol. The second kappa shape index (κ2) is 8.06. The molecule has 0 spiro atoms. The largest absolute Gasteiger partial charge is 0.372 e. The Morgan fingerprint density at radius 1 is 0.667 bits per heavy atom. The van der Waals surface area contributed by atoms with Gasteiger partial charge in [0.1, 0.15) is 0 Å². The first-order valence-electron chi connectivity index (χ1n) is 9.89. The van der Waals surface area contributed by atoms with Crippen LogP contribution in [-0.2, 0) is 32.0 Å². The summed E-state index contributed by atoms with van der Waals surface area (Å²) in [6, 6.07) is 6.81. The van der Waals surface area contributed by atoms with Gasteiger partial charge in [-0.1, -0.05) is 22.0 Å². The first-order valence-corrected chi connectivity index (χ1v) is 10.7. The van der Waals surface area contributed by atoms with E-state index in [0.29, 0.717) is 24.4 Å². The molecule has 4 fully saturated rings. The number of halogens is 1. The summed E-state index contributed by atoms with van der Waals surface area (Å²) in [5.74, 6) is 0. The van der Waals surface area contributed by atoms with Crippen molar-refractivity contribution in [1.29, 1.82) is 0 Å². The van der Waals surface area contributed by atoms with E-state index in [0.717, 1.165) is 70.2 Å². The van der Waals surface area contributed by atoms with Crippen LogP contribution < -0.4 is 0 Å². The van der Waals surface area contributed by atoms with Crippen LogP contribution in [-0.4, -0.2) is 86.8 Å². The SMILES string of the molecule is Brc1cc(CN(CC2CO2)CC2CO2)cc(CN(CC2CO2)CC2CO2)c1. The molecule has 1 aromatic rings. The second-order valence-corrected chi connectivity index (χ2v) is 9.09. The number of epoxide rings is 4. The molecule has 0 radical (unpaired) electrons. The van der Waals surface area contributed by atoms with Gasteiger partial charge in [-0.05, 0) is 23.3 Å². The Hall–Kier alpha value is -0.540. The van der Waals surface area contributed by atoms with Crippen molar-refractivity contribution >= 4 is 15.9 Å². The Kier molecular flexibility index (Phi) is 5.52. The van der Waals surface area contributed by atoms with Crippen LogP contribution in [0.5, 0.6) is 0 Å². The van der Waals surface area contributed by atoms with Gasteiger partial charge in [-0.2, -0.15) is 0 Å². The summed E-state index contributed by atoms with van der Waals surface area (Å²) < 4.78 is 22.9. The van der Waals surface area contributed by atoms with Crippen molar-refractivity contribution in [2.45, 2.75) is 37.5 Å². The minimum absolute atomic E-state index is 0.406. The van der Waals surface area contributed by atoms with E-state index in [9.17, 15) is 0 Å². The number of hydrogen-bond acceptors (Lipinski definition) is 6. The summed E-state index contributed by atoms with van der Waals surface area (Å²) in [6.07, 6.45) is 1.62. The van der Waals surface area contributed by atoms with Gasteiger partial charge in [0.05, 0.1) is 50.8 Å². The molecule has 0 aliphatic carbocycles. The van der Waals surface area contributed by atoms with E-state index in [4.69, 9.17) is 18.9 Å². The maximum absolute atomic E-state index is 5.44. The number of ether oxygens (including phenoxy) is 4. The van der Waals surface area contributed by atoms with E-state index >= 15 is 0 Å². The monoisotopic (exact) mass is 438 g/mol. The Morgan fingerprint density at radius 2 is 1.00 bits per heavy atom. The zero-order valence-electron chi connectivity index (χ0n) is 15.5. The van der Waals surface area contributed by atoms with Crippen LogP contribution in [0.15, 0.2) is 22.7 Å². The molecule has 0 amide bonds. The molecule has 5 rings (SSSR count). The first kappa shape index (κ1) is 18.5. The summed E-state index contributed by atoms with van der Waals surface area (Å²) in [5.41, 5.74) is 2.68. The minimum atomic E-state index is 0.406. The van der Waals surface area contributed by atoms with Gasteiger partial charge in [0.25, 0.3) is 0 Å². The van der Waals surface area contributed by atoms with E-state index < -0.39 is 0 Å². The molecule has 0 aromatic heterocycles. The topological polar surface area (TPSA) is 56.6 Å². The van der Waals surface area contributed by atoms with Crippen molar-refractivity contribution in [2.24, 2.45) is 0 Å². The highest BCUT2D eigenvalue weighted by Crippen LogP contribution is 2.23. The molecule has 1 aromatic carbocycles. The van der Waals surface area contributed by atoms with Crippen LogP contribution in [0.25, 0.3) is 0 Å². The highest BCUT2D eigenvalue weighted by Gasteiger charge is 2.32. The minimum Gasteiger partial charge on any atom is -0.372 e. The van der Waals surface area contributed by atoms with E-state index in [1.807, 2.05) is 0 Å². The molecule has 7 heteroatoms. The normalized spacial score (nSPS) is 30.8. The smallest absolute Gasteiger partial charge is 0.0936 e. The molecule has 4 aliphatic heterocycles. The van der Waals surface area contributed by atoms with Gasteiger partial charge in [0, 0.05) is 43.7 Å². The van der Waals surface area contributed by atoms with E-state index in [1.165, 1.54) is 11.1 Å². The van der Waals surface area contributed by atoms with Gasteiger partial charge in [-0.25, -0.2) is 0 Å². The van der Waals surface area contributed by atoms with E-state index in [1.54, 1.807) is 0 Å². The summed E-state index contributed by atoms with van der Waals surface area (Å²) in [7, 11) is 0. The third-order valence-electron chi connectivity index (χ3n) is 5.29. The lowest BCUT2D eigenvalue weighted by atomic mass is 10.1. The molecular formula is C20H27BrN2O4. The van der Waals surface area contributed by atoms with E-state index in [2.05, 4.69) is 43.9 Å². The summed E-state index contributed by atoms with van der Waals surface area (Å²) >= 11 is 3.71. The van der Waals surface area contributed by atoms with Gasteiger partial charge in [0.15, 0.2) is 0 Å². The fourth-order valence-electron chi connectivity index (χ4n) is 3.67. The third-order valence-corrected chi connectivity index (χ3v) is 5.74. The van der Waals surface area contributed by atoms with Gasteiger partial charge in [-0.3, -0.25) is 9.80 Å². The number of nitrogens with zero attached hydrogens (tertiary/aromatic N) is 2. The van der Waals surface area contributed by atoms with Gasteiger partial charge in [0.2, 0.25) is 0 Å². The Bertz CT molecular complexity index is 579. The highest BCUT2D eigenvalue weighted by molar-refractivity contribution is 9.10. The molecule has 4 saturated heterocycles. The van der Waals surface area contributed by atoms with Crippen LogP contribution >= 0.6 is 15.9 Å². The Labute approximate surface area is 168 Å². The molecule has 4 unspecified atom stereocenters. The molecule has 0 bridgehead atoms. The second-order valence-electron chi connectivity index (χ2n) is 8.18. The molecule has 148 valence electrons. The van der Waals surface area contributed by atoms with Crippen molar-refractivity contribution in [1.82, 2.24) is 9.80 Å². The van der Waals surface area contributed by atoms with Crippen molar-refractivity contribution in [2.75, 3.05) is 52.6 Å². The molecular weight excluding hydrogens is 412 g/mol. The maximum Gasteiger partial charge on any atom is 0.0936 e. The predicted octanol–water partition coefficient (Wildman–Crippen LogP) is 1.65. The van der Waals surface area contributed by atoms with Crippen molar-refractivity contribution in [3.05, 3.63) is 33.8 Å².